The predicted octanol–water partition coefficient (Wildman–Crippen LogP) is 2.83. The van der Waals surface area contributed by atoms with Gasteiger partial charge in [0.15, 0.2) is 0 Å². The van der Waals surface area contributed by atoms with E-state index in [-0.39, 0.29) is 11.2 Å². The maximum Gasteiger partial charge on any atom is 0.126 e. The lowest BCUT2D eigenvalue weighted by atomic mass is 9.79. The van der Waals surface area contributed by atoms with Gasteiger partial charge in [-0.3, -0.25) is 0 Å². The van der Waals surface area contributed by atoms with Crippen LogP contribution in [0.25, 0.3) is 0 Å². The average molecular weight is 312 g/mol. The van der Waals surface area contributed by atoms with Crippen LogP contribution in [0.1, 0.15) is 25.8 Å². The predicted molar refractivity (Wildman–Crippen MR) is 74.0 cm³/mol. The van der Waals surface area contributed by atoms with Crippen molar-refractivity contribution in [2.45, 2.75) is 31.5 Å². The van der Waals surface area contributed by atoms with Crippen molar-refractivity contribution in [3.05, 3.63) is 28.2 Å². The fourth-order valence-electron chi connectivity index (χ4n) is 3.01. The van der Waals surface area contributed by atoms with Gasteiger partial charge in [0.05, 0.1) is 6.61 Å². The molecule has 1 aromatic rings. The van der Waals surface area contributed by atoms with Crippen LogP contribution in [0.5, 0.6) is 5.75 Å². The number of ether oxygens (including phenoxy) is 2. The molecular formula is C14H18BrNO2. The molecule has 1 fully saturated rings. The van der Waals surface area contributed by atoms with Crippen molar-refractivity contribution in [1.29, 1.82) is 0 Å². The number of rotatable bonds is 0. The lowest BCUT2D eigenvalue weighted by Gasteiger charge is -2.47. The van der Waals surface area contributed by atoms with E-state index in [9.17, 15) is 0 Å². The minimum absolute atomic E-state index is 0.195. The van der Waals surface area contributed by atoms with Crippen molar-refractivity contribution in [2.24, 2.45) is 0 Å². The fraction of sp³-hybridized carbons (Fsp3) is 0.571. The molecule has 4 heteroatoms. The number of fused-ring (bicyclic) bond motifs is 2. The number of hydrogen-bond donors (Lipinski definition) is 1. The summed E-state index contributed by atoms with van der Waals surface area (Å²) in [5.74, 6) is 0.943. The van der Waals surface area contributed by atoms with Crippen LogP contribution in [0.3, 0.4) is 0 Å². The summed E-state index contributed by atoms with van der Waals surface area (Å²) in [4.78, 5) is 0. The third-order valence-corrected chi connectivity index (χ3v) is 4.09. The zero-order valence-corrected chi connectivity index (χ0v) is 12.3. The zero-order valence-electron chi connectivity index (χ0n) is 10.8. The van der Waals surface area contributed by atoms with E-state index in [1.165, 1.54) is 0 Å². The normalized spacial score (nSPS) is 29.7. The van der Waals surface area contributed by atoms with Gasteiger partial charge in [-0.25, -0.2) is 0 Å². The molecule has 98 valence electrons. The molecule has 2 aliphatic heterocycles. The summed E-state index contributed by atoms with van der Waals surface area (Å²) >= 11 is 3.54. The number of hydrogen-bond acceptors (Lipinski definition) is 3. The smallest absolute Gasteiger partial charge is 0.126 e. The van der Waals surface area contributed by atoms with Gasteiger partial charge in [-0.1, -0.05) is 15.9 Å². The molecule has 1 spiro atoms. The standard InChI is InChI=1S/C14H18BrNO2/c1-13(2)8-14(9-16-5-6-17-14)11-7-10(15)3-4-12(11)18-13/h3-4,7,16H,5-6,8-9H2,1-2H3. The first-order valence-electron chi connectivity index (χ1n) is 6.35. The summed E-state index contributed by atoms with van der Waals surface area (Å²) in [6.45, 7) is 6.77. The molecule has 1 aromatic carbocycles. The Morgan fingerprint density at radius 2 is 2.17 bits per heavy atom. The first-order chi connectivity index (χ1) is 8.51. The van der Waals surface area contributed by atoms with Crippen molar-refractivity contribution in [3.8, 4) is 5.75 Å². The van der Waals surface area contributed by atoms with Gasteiger partial charge >= 0.3 is 0 Å². The summed E-state index contributed by atoms with van der Waals surface area (Å²) in [7, 11) is 0. The molecule has 0 aromatic heterocycles. The molecule has 0 amide bonds. The molecule has 3 nitrogen and oxygen atoms in total. The Morgan fingerprint density at radius 3 is 2.89 bits per heavy atom. The van der Waals surface area contributed by atoms with Crippen molar-refractivity contribution in [1.82, 2.24) is 5.32 Å². The molecule has 0 radical (unpaired) electrons. The van der Waals surface area contributed by atoms with Gasteiger partial charge < -0.3 is 14.8 Å². The van der Waals surface area contributed by atoms with Crippen LogP contribution in [0, 0.1) is 0 Å². The van der Waals surface area contributed by atoms with Crippen LogP contribution >= 0.6 is 15.9 Å². The molecule has 1 unspecified atom stereocenters. The van der Waals surface area contributed by atoms with Crippen LogP contribution in [-0.4, -0.2) is 25.3 Å². The maximum absolute atomic E-state index is 6.16. The van der Waals surface area contributed by atoms with Crippen LogP contribution in [0.15, 0.2) is 22.7 Å². The molecule has 18 heavy (non-hydrogen) atoms. The second kappa shape index (κ2) is 4.22. The largest absolute Gasteiger partial charge is 0.487 e. The Kier molecular flexibility index (Phi) is 2.92. The van der Waals surface area contributed by atoms with Crippen LogP contribution in [0.4, 0.5) is 0 Å². The summed E-state index contributed by atoms with van der Waals surface area (Å²) in [6, 6.07) is 6.17. The summed E-state index contributed by atoms with van der Waals surface area (Å²) in [5.41, 5.74) is 0.710. The van der Waals surface area contributed by atoms with E-state index < -0.39 is 0 Å². The minimum Gasteiger partial charge on any atom is -0.487 e. The molecule has 0 bridgehead atoms. The highest BCUT2D eigenvalue weighted by atomic mass is 79.9. The maximum atomic E-state index is 6.16. The highest BCUT2D eigenvalue weighted by Crippen LogP contribution is 2.46. The average Bonchev–Trinajstić information content (AvgIpc) is 2.30. The first kappa shape index (κ1) is 12.5. The second-order valence-electron chi connectivity index (χ2n) is 5.70. The molecule has 0 aliphatic carbocycles. The van der Waals surface area contributed by atoms with Gasteiger partial charge in [-0.2, -0.15) is 0 Å². The molecule has 1 saturated heterocycles. The lowest BCUT2D eigenvalue weighted by molar-refractivity contribution is -0.125. The molecule has 1 atom stereocenters. The Labute approximate surface area is 116 Å². The number of morpholine rings is 1. The van der Waals surface area contributed by atoms with Crippen molar-refractivity contribution >= 4 is 15.9 Å². The van der Waals surface area contributed by atoms with Gasteiger partial charge in [0, 0.05) is 29.5 Å². The molecule has 2 aliphatic rings. The Morgan fingerprint density at radius 1 is 1.33 bits per heavy atom. The van der Waals surface area contributed by atoms with Crippen LogP contribution in [-0.2, 0) is 10.3 Å². The highest BCUT2D eigenvalue weighted by Gasteiger charge is 2.47. The van der Waals surface area contributed by atoms with E-state index in [0.29, 0.717) is 0 Å². The van der Waals surface area contributed by atoms with Gasteiger partial charge in [0.25, 0.3) is 0 Å². The lowest BCUT2D eigenvalue weighted by Crippen LogP contribution is -2.54. The van der Waals surface area contributed by atoms with E-state index in [1.807, 2.05) is 12.1 Å². The molecule has 2 heterocycles. The third kappa shape index (κ3) is 2.06. The van der Waals surface area contributed by atoms with Crippen LogP contribution < -0.4 is 10.1 Å². The minimum atomic E-state index is -0.251. The topological polar surface area (TPSA) is 30.5 Å². The second-order valence-corrected chi connectivity index (χ2v) is 6.61. The molecular weight excluding hydrogens is 294 g/mol. The number of halogens is 1. The quantitative estimate of drug-likeness (QED) is 0.799. The highest BCUT2D eigenvalue weighted by molar-refractivity contribution is 9.10. The summed E-state index contributed by atoms with van der Waals surface area (Å²) in [5, 5.41) is 3.45. The monoisotopic (exact) mass is 311 g/mol. The first-order valence-corrected chi connectivity index (χ1v) is 7.14. The Bertz CT molecular complexity index is 467. The molecule has 3 rings (SSSR count). The van der Waals surface area contributed by atoms with E-state index in [0.717, 1.165) is 41.9 Å². The zero-order chi connectivity index (χ0) is 12.8. The Hall–Kier alpha value is -0.580. The molecule has 0 saturated carbocycles. The third-order valence-electron chi connectivity index (χ3n) is 3.60. The number of benzene rings is 1. The fourth-order valence-corrected chi connectivity index (χ4v) is 3.37. The van der Waals surface area contributed by atoms with E-state index in [1.54, 1.807) is 0 Å². The van der Waals surface area contributed by atoms with Crippen molar-refractivity contribution in [3.63, 3.8) is 0 Å². The van der Waals surface area contributed by atoms with Crippen molar-refractivity contribution < 1.29 is 9.47 Å². The molecule has 1 N–H and O–H groups in total. The van der Waals surface area contributed by atoms with Crippen LogP contribution in [0.2, 0.25) is 0 Å². The van der Waals surface area contributed by atoms with Gasteiger partial charge in [-0.05, 0) is 32.0 Å². The van der Waals surface area contributed by atoms with Gasteiger partial charge in [0.1, 0.15) is 17.0 Å². The van der Waals surface area contributed by atoms with E-state index in [2.05, 4.69) is 41.2 Å². The summed E-state index contributed by atoms with van der Waals surface area (Å²) in [6.07, 6.45) is 0.871. The SMILES string of the molecule is CC1(C)CC2(CNCCO2)c2cc(Br)ccc2O1. The Balaban J connectivity index is 2.11. The van der Waals surface area contributed by atoms with Gasteiger partial charge in [0.2, 0.25) is 0 Å². The summed E-state index contributed by atoms with van der Waals surface area (Å²) < 4.78 is 13.3. The van der Waals surface area contributed by atoms with E-state index >= 15 is 0 Å². The number of nitrogens with one attached hydrogen (secondary N) is 1. The van der Waals surface area contributed by atoms with Gasteiger partial charge in [-0.15, -0.1) is 0 Å². The van der Waals surface area contributed by atoms with Crippen molar-refractivity contribution in [2.75, 3.05) is 19.7 Å². The van der Waals surface area contributed by atoms with E-state index in [4.69, 9.17) is 9.47 Å².